The number of carbonyl (C=O) groups is 1. The molecule has 0 saturated carbocycles. The third kappa shape index (κ3) is 15.4. The second kappa shape index (κ2) is 16.4. The fourth-order valence-electron chi connectivity index (χ4n) is 2.26. The van der Waals surface area contributed by atoms with E-state index in [1.165, 1.54) is 70.6 Å². The van der Waals surface area contributed by atoms with Crippen LogP contribution in [0.5, 0.6) is 0 Å². The fourth-order valence-corrected chi connectivity index (χ4v) is 2.34. The van der Waals surface area contributed by atoms with Crippen LogP contribution in [0.15, 0.2) is 0 Å². The first kappa shape index (κ1) is 19.3. The first-order chi connectivity index (χ1) is 9.81. The van der Waals surface area contributed by atoms with Gasteiger partial charge in [0.1, 0.15) is 0 Å². The van der Waals surface area contributed by atoms with E-state index in [0.29, 0.717) is 6.54 Å². The molecule has 20 heavy (non-hydrogen) atoms. The summed E-state index contributed by atoms with van der Waals surface area (Å²) in [5.41, 5.74) is 0. The Morgan fingerprint density at radius 3 is 1.75 bits per heavy atom. The van der Waals surface area contributed by atoms with Gasteiger partial charge >= 0.3 is 0 Å². The number of hydrogen-bond acceptors (Lipinski definition) is 1. The Labute approximate surface area is 130 Å². The normalized spacial score (nSPS) is 9.90. The van der Waals surface area contributed by atoms with Gasteiger partial charge in [-0.1, -0.05) is 77.6 Å². The highest BCUT2D eigenvalue weighted by molar-refractivity contribution is 6.31. The molecule has 0 heterocycles. The minimum Gasteiger partial charge on any atom is -0.345 e. The van der Waals surface area contributed by atoms with E-state index < -0.39 is 0 Å². The van der Waals surface area contributed by atoms with Crippen molar-refractivity contribution in [3.63, 3.8) is 0 Å². The Bertz CT molecular complexity index is 280. The summed E-state index contributed by atoms with van der Waals surface area (Å²) in [5, 5.41) is 4.80. The largest absolute Gasteiger partial charge is 0.345 e. The zero-order chi connectivity index (χ0) is 14.9. The predicted molar refractivity (Wildman–Crippen MR) is 87.7 cm³/mol. The number of halogens is 1. The molecular formula is C17H30ClNO. The molecule has 0 aromatic carbocycles. The molecule has 116 valence electrons. The van der Waals surface area contributed by atoms with Crippen LogP contribution in [-0.2, 0) is 4.79 Å². The van der Waals surface area contributed by atoms with Crippen LogP contribution in [0.4, 0.5) is 0 Å². The quantitative estimate of drug-likeness (QED) is 0.376. The molecule has 0 atom stereocenters. The topological polar surface area (TPSA) is 29.1 Å². The van der Waals surface area contributed by atoms with Crippen LogP contribution in [0.2, 0.25) is 0 Å². The van der Waals surface area contributed by atoms with E-state index in [1.807, 2.05) is 0 Å². The van der Waals surface area contributed by atoms with Gasteiger partial charge in [0.25, 0.3) is 5.91 Å². The molecule has 0 unspecified atom stereocenters. The van der Waals surface area contributed by atoms with Gasteiger partial charge in [0.2, 0.25) is 0 Å². The van der Waals surface area contributed by atoms with Gasteiger partial charge in [-0.2, -0.15) is 0 Å². The molecule has 0 radical (unpaired) electrons. The average molecular weight is 300 g/mol. The van der Waals surface area contributed by atoms with Gasteiger partial charge in [0.15, 0.2) is 0 Å². The van der Waals surface area contributed by atoms with Gasteiger partial charge in [0, 0.05) is 17.8 Å². The van der Waals surface area contributed by atoms with Crippen molar-refractivity contribution in [2.24, 2.45) is 0 Å². The molecule has 0 saturated heterocycles. The third-order valence-electron chi connectivity index (χ3n) is 3.48. The van der Waals surface area contributed by atoms with E-state index in [1.54, 1.807) is 0 Å². The van der Waals surface area contributed by atoms with Gasteiger partial charge in [-0.3, -0.25) is 4.79 Å². The van der Waals surface area contributed by atoms with E-state index >= 15 is 0 Å². The highest BCUT2D eigenvalue weighted by Crippen LogP contribution is 2.11. The van der Waals surface area contributed by atoms with E-state index in [-0.39, 0.29) is 5.91 Å². The lowest BCUT2D eigenvalue weighted by atomic mass is 10.1. The molecule has 3 heteroatoms. The van der Waals surface area contributed by atoms with Crippen LogP contribution in [0.1, 0.15) is 84.0 Å². The van der Waals surface area contributed by atoms with E-state index in [4.69, 9.17) is 11.6 Å². The summed E-state index contributed by atoms with van der Waals surface area (Å²) < 4.78 is 0. The van der Waals surface area contributed by atoms with Crippen LogP contribution in [0, 0.1) is 11.3 Å². The predicted octanol–water partition coefficient (Wildman–Crippen LogP) is 5.00. The van der Waals surface area contributed by atoms with Gasteiger partial charge in [0.05, 0.1) is 0 Å². The third-order valence-corrected chi connectivity index (χ3v) is 3.57. The number of carbonyl (C=O) groups excluding carboxylic acids is 1. The van der Waals surface area contributed by atoms with Gasteiger partial charge in [-0.25, -0.2) is 0 Å². The van der Waals surface area contributed by atoms with Crippen LogP contribution in [0.25, 0.3) is 0 Å². The van der Waals surface area contributed by atoms with Crippen LogP contribution in [0.3, 0.4) is 0 Å². The van der Waals surface area contributed by atoms with E-state index in [0.717, 1.165) is 6.42 Å². The first-order valence-corrected chi connectivity index (χ1v) is 8.58. The van der Waals surface area contributed by atoms with Crippen molar-refractivity contribution >= 4 is 17.5 Å². The highest BCUT2D eigenvalue weighted by Gasteiger charge is 1.95. The van der Waals surface area contributed by atoms with Gasteiger partial charge in [-0.05, 0) is 18.0 Å². The molecule has 0 rings (SSSR count). The van der Waals surface area contributed by atoms with E-state index in [2.05, 4.69) is 23.5 Å². The second-order valence-corrected chi connectivity index (χ2v) is 5.55. The molecule has 0 aliphatic rings. The Morgan fingerprint density at radius 1 is 0.850 bits per heavy atom. The van der Waals surface area contributed by atoms with Crippen molar-refractivity contribution in [3.8, 4) is 11.3 Å². The molecule has 0 aliphatic heterocycles. The fraction of sp³-hybridized carbons (Fsp3) is 0.824. The molecule has 0 spiro atoms. The first-order valence-electron chi connectivity index (χ1n) is 8.20. The summed E-state index contributed by atoms with van der Waals surface area (Å²) in [6.45, 7) is 2.97. The SMILES string of the molecule is CCCCCCCCCCCCCCNC(=O)C#CCl. The standard InChI is InChI=1S/C17H30ClNO/c1-2-3-4-5-6-7-8-9-10-11-12-13-16-19-17(20)14-15-18/h2-13,16H2,1H3,(H,19,20). The molecule has 0 bridgehead atoms. The van der Waals surface area contributed by atoms with Crippen LogP contribution >= 0.6 is 11.6 Å². The zero-order valence-corrected chi connectivity index (χ0v) is 13.7. The van der Waals surface area contributed by atoms with Crippen molar-refractivity contribution in [2.45, 2.75) is 84.0 Å². The number of nitrogens with one attached hydrogen (secondary N) is 1. The minimum atomic E-state index is -0.275. The lowest BCUT2D eigenvalue weighted by Gasteiger charge is -2.03. The van der Waals surface area contributed by atoms with Crippen molar-refractivity contribution < 1.29 is 4.79 Å². The molecule has 1 amide bonds. The summed E-state index contributed by atoms with van der Waals surface area (Å²) in [6, 6.07) is 0. The highest BCUT2D eigenvalue weighted by atomic mass is 35.5. The molecule has 0 aliphatic carbocycles. The monoisotopic (exact) mass is 299 g/mol. The average Bonchev–Trinajstić information content (AvgIpc) is 2.44. The van der Waals surface area contributed by atoms with E-state index in [9.17, 15) is 4.79 Å². The number of amides is 1. The molecule has 0 aromatic rings. The second-order valence-electron chi connectivity index (χ2n) is 5.36. The maximum absolute atomic E-state index is 11.0. The maximum atomic E-state index is 11.0. The molecule has 2 nitrogen and oxygen atoms in total. The maximum Gasteiger partial charge on any atom is 0.297 e. The summed E-state index contributed by atoms with van der Waals surface area (Å²) >= 11 is 5.13. The molecule has 0 fully saturated rings. The van der Waals surface area contributed by atoms with Crippen LogP contribution in [-0.4, -0.2) is 12.5 Å². The number of hydrogen-bond donors (Lipinski definition) is 1. The lowest BCUT2D eigenvalue weighted by Crippen LogP contribution is -2.22. The summed E-state index contributed by atoms with van der Waals surface area (Å²) in [5.74, 6) is 1.98. The Kier molecular flexibility index (Phi) is 15.8. The minimum absolute atomic E-state index is 0.275. The number of rotatable bonds is 13. The van der Waals surface area contributed by atoms with Crippen molar-refractivity contribution in [1.82, 2.24) is 5.32 Å². The zero-order valence-electron chi connectivity index (χ0n) is 13.0. The van der Waals surface area contributed by atoms with Gasteiger partial charge < -0.3 is 5.32 Å². The Morgan fingerprint density at radius 2 is 1.30 bits per heavy atom. The van der Waals surface area contributed by atoms with Crippen molar-refractivity contribution in [1.29, 1.82) is 0 Å². The Hall–Kier alpha value is -0.680. The van der Waals surface area contributed by atoms with Crippen LogP contribution < -0.4 is 5.32 Å². The summed E-state index contributed by atoms with van der Waals surface area (Å²) in [6.07, 6.45) is 15.9. The lowest BCUT2D eigenvalue weighted by molar-refractivity contribution is -0.115. The molecular weight excluding hydrogens is 270 g/mol. The Balaban J connectivity index is 3.05. The molecule has 1 N–H and O–H groups in total. The van der Waals surface area contributed by atoms with Crippen molar-refractivity contribution in [3.05, 3.63) is 0 Å². The summed E-state index contributed by atoms with van der Waals surface area (Å²) in [7, 11) is 0. The smallest absolute Gasteiger partial charge is 0.297 e. The summed E-state index contributed by atoms with van der Waals surface area (Å²) in [4.78, 5) is 11.0. The van der Waals surface area contributed by atoms with Gasteiger partial charge in [-0.15, -0.1) is 0 Å². The number of unbranched alkanes of at least 4 members (excludes halogenated alkanes) is 11. The molecule has 0 aromatic heterocycles. The van der Waals surface area contributed by atoms with Crippen molar-refractivity contribution in [2.75, 3.05) is 6.54 Å².